The molecule has 5 rings (SSSR count). The molecule has 218 valence electrons. The highest BCUT2D eigenvalue weighted by molar-refractivity contribution is 5.73. The van der Waals surface area contributed by atoms with E-state index < -0.39 is 35.8 Å². The van der Waals surface area contributed by atoms with Crippen LogP contribution in [0.5, 0.6) is 5.75 Å². The monoisotopic (exact) mass is 570 g/mol. The van der Waals surface area contributed by atoms with Crippen LogP contribution in [0.4, 0.5) is 4.79 Å². The number of amides is 1. The Labute approximate surface area is 243 Å². The van der Waals surface area contributed by atoms with Gasteiger partial charge in [0.2, 0.25) is 0 Å². The predicted molar refractivity (Wildman–Crippen MR) is 157 cm³/mol. The molecule has 1 aliphatic heterocycles. The molecular formula is C32H34N4O6. The van der Waals surface area contributed by atoms with E-state index in [1.165, 1.54) is 9.58 Å². The minimum atomic E-state index is -1.18. The molecule has 1 saturated heterocycles. The number of hydrogen-bond acceptors (Lipinski definition) is 5. The summed E-state index contributed by atoms with van der Waals surface area (Å²) in [6.07, 6.45) is -0.554. The quantitative estimate of drug-likeness (QED) is 0.256. The zero-order valence-electron chi connectivity index (χ0n) is 23.6. The van der Waals surface area contributed by atoms with Crippen LogP contribution in [-0.2, 0) is 17.8 Å². The number of piperidine rings is 1. The van der Waals surface area contributed by atoms with Crippen LogP contribution in [0, 0.1) is 19.8 Å². The molecule has 0 saturated carbocycles. The molecule has 0 bridgehead atoms. The van der Waals surface area contributed by atoms with Gasteiger partial charge in [-0.1, -0.05) is 72.8 Å². The molecule has 1 fully saturated rings. The van der Waals surface area contributed by atoms with E-state index in [1.54, 1.807) is 0 Å². The smallest absolute Gasteiger partial charge is 0.407 e. The number of carboxylic acid groups (broad SMARTS) is 2. The first-order valence-electron chi connectivity index (χ1n) is 13.9. The first kappa shape index (κ1) is 28.7. The van der Waals surface area contributed by atoms with Gasteiger partial charge in [-0.05, 0) is 55.4 Å². The number of carbonyl (C=O) groups is 2. The lowest BCUT2D eigenvalue weighted by molar-refractivity contribution is -0.144. The largest absolute Gasteiger partial charge is 0.488 e. The van der Waals surface area contributed by atoms with E-state index in [-0.39, 0.29) is 19.4 Å². The van der Waals surface area contributed by atoms with Gasteiger partial charge < -0.3 is 19.8 Å². The molecule has 3 N–H and O–H groups in total. The van der Waals surface area contributed by atoms with Crippen molar-refractivity contribution in [3.8, 4) is 17.1 Å². The predicted octanol–water partition coefficient (Wildman–Crippen LogP) is 5.06. The van der Waals surface area contributed by atoms with Crippen molar-refractivity contribution < 1.29 is 24.5 Å². The summed E-state index contributed by atoms with van der Waals surface area (Å²) in [4.78, 5) is 41.7. The van der Waals surface area contributed by atoms with Crippen LogP contribution in [0.15, 0.2) is 77.6 Å². The van der Waals surface area contributed by atoms with E-state index in [0.29, 0.717) is 18.9 Å². The van der Waals surface area contributed by atoms with Gasteiger partial charge >= 0.3 is 17.8 Å². The second-order valence-electron chi connectivity index (χ2n) is 10.8. The highest BCUT2D eigenvalue weighted by atomic mass is 16.5. The summed E-state index contributed by atoms with van der Waals surface area (Å²) < 4.78 is 7.42. The van der Waals surface area contributed by atoms with Crippen molar-refractivity contribution in [2.24, 2.45) is 5.92 Å². The maximum absolute atomic E-state index is 12.9. The molecule has 1 aliphatic rings. The molecular weight excluding hydrogens is 536 g/mol. The number of H-pyrrole nitrogens is 1. The second kappa shape index (κ2) is 12.3. The van der Waals surface area contributed by atoms with Gasteiger partial charge in [-0.2, -0.15) is 0 Å². The number of hydrogen-bond donors (Lipinski definition) is 3. The zero-order valence-corrected chi connectivity index (χ0v) is 23.6. The number of nitrogens with one attached hydrogen (secondary N) is 1. The Morgan fingerprint density at radius 3 is 2.26 bits per heavy atom. The normalized spacial score (nSPS) is 17.5. The Balaban J connectivity index is 1.38. The third-order valence-electron chi connectivity index (χ3n) is 7.88. The van der Waals surface area contributed by atoms with Gasteiger partial charge in [-0.15, -0.1) is 5.10 Å². The standard InChI is InChI=1S/C32H34N4O6/c1-20-15-23(16-21(2)28(20)42-19-22-9-5-3-6-10-22)17-26(30(37)38)27-18-25(13-14-35(27)32(40)41)36-31(39)33-29(34-36)24-11-7-4-8-12-24/h3-12,15-16,25-27H,13-14,17-19H2,1-2H3,(H,37,38)(H,40,41)(H,33,34,39)/t25?,26?,27-/m1/s1. The van der Waals surface area contributed by atoms with E-state index in [0.717, 1.165) is 33.6 Å². The van der Waals surface area contributed by atoms with Crippen molar-refractivity contribution in [2.45, 2.75) is 51.8 Å². The lowest BCUT2D eigenvalue weighted by Crippen LogP contribution is -2.52. The number of rotatable bonds is 9. The summed E-state index contributed by atoms with van der Waals surface area (Å²) >= 11 is 0. The van der Waals surface area contributed by atoms with Crippen molar-refractivity contribution in [1.82, 2.24) is 19.7 Å². The zero-order chi connectivity index (χ0) is 29.8. The minimum absolute atomic E-state index is 0.0960. The molecule has 0 radical (unpaired) electrons. The molecule has 0 aliphatic carbocycles. The van der Waals surface area contributed by atoms with Crippen LogP contribution < -0.4 is 10.4 Å². The fourth-order valence-electron chi connectivity index (χ4n) is 5.89. The van der Waals surface area contributed by atoms with Gasteiger partial charge in [0.25, 0.3) is 0 Å². The van der Waals surface area contributed by atoms with E-state index in [4.69, 9.17) is 4.74 Å². The van der Waals surface area contributed by atoms with E-state index in [1.807, 2.05) is 86.6 Å². The summed E-state index contributed by atoms with van der Waals surface area (Å²) in [5.74, 6) is -0.965. The first-order valence-corrected chi connectivity index (χ1v) is 13.9. The molecule has 4 aromatic rings. The second-order valence-corrected chi connectivity index (χ2v) is 10.8. The lowest BCUT2D eigenvalue weighted by atomic mass is 9.83. The maximum atomic E-state index is 12.9. The van der Waals surface area contributed by atoms with E-state index >= 15 is 0 Å². The van der Waals surface area contributed by atoms with Gasteiger partial charge in [0, 0.05) is 12.1 Å². The average Bonchev–Trinajstić information content (AvgIpc) is 3.37. The summed E-state index contributed by atoms with van der Waals surface area (Å²) in [6, 6.07) is 21.6. The van der Waals surface area contributed by atoms with Crippen LogP contribution in [0.2, 0.25) is 0 Å². The summed E-state index contributed by atoms with van der Waals surface area (Å²) in [7, 11) is 0. The number of aryl methyl sites for hydroxylation is 2. The van der Waals surface area contributed by atoms with Gasteiger partial charge in [-0.3, -0.25) is 9.78 Å². The molecule has 3 atom stereocenters. The van der Waals surface area contributed by atoms with Gasteiger partial charge in [-0.25, -0.2) is 14.3 Å². The number of ether oxygens (including phenoxy) is 1. The maximum Gasteiger partial charge on any atom is 0.407 e. The van der Waals surface area contributed by atoms with Crippen LogP contribution in [0.25, 0.3) is 11.4 Å². The number of aromatic amines is 1. The number of nitrogens with zero attached hydrogens (tertiary/aromatic N) is 3. The average molecular weight is 571 g/mol. The minimum Gasteiger partial charge on any atom is -0.488 e. The Bertz CT molecular complexity index is 1590. The Hall–Kier alpha value is -4.86. The Kier molecular flexibility index (Phi) is 8.42. The third kappa shape index (κ3) is 6.22. The Morgan fingerprint density at radius 2 is 1.64 bits per heavy atom. The fourth-order valence-corrected chi connectivity index (χ4v) is 5.89. The molecule has 42 heavy (non-hydrogen) atoms. The summed E-state index contributed by atoms with van der Waals surface area (Å²) in [5, 5.41) is 24.8. The molecule has 1 amide bonds. The van der Waals surface area contributed by atoms with E-state index in [2.05, 4.69) is 10.1 Å². The Morgan fingerprint density at radius 1 is 1.00 bits per heavy atom. The molecule has 10 nitrogen and oxygen atoms in total. The lowest BCUT2D eigenvalue weighted by Gasteiger charge is -2.40. The highest BCUT2D eigenvalue weighted by Crippen LogP contribution is 2.34. The van der Waals surface area contributed by atoms with Gasteiger partial charge in [0.1, 0.15) is 12.4 Å². The van der Waals surface area contributed by atoms with Crippen LogP contribution >= 0.6 is 0 Å². The number of benzene rings is 3. The SMILES string of the molecule is Cc1cc(CC(C(=O)O)[C@H]2CC(n3nc(-c4ccccc4)[nH]c3=O)CCN2C(=O)O)cc(C)c1OCc1ccccc1. The van der Waals surface area contributed by atoms with Crippen LogP contribution in [0.3, 0.4) is 0 Å². The highest BCUT2D eigenvalue weighted by Gasteiger charge is 2.41. The first-order chi connectivity index (χ1) is 20.2. The van der Waals surface area contributed by atoms with E-state index in [9.17, 15) is 24.6 Å². The molecule has 10 heteroatoms. The molecule has 0 spiro atoms. The third-order valence-corrected chi connectivity index (χ3v) is 7.88. The van der Waals surface area contributed by atoms with Crippen molar-refractivity contribution in [1.29, 1.82) is 0 Å². The van der Waals surface area contributed by atoms with Crippen LogP contribution in [0.1, 0.15) is 41.1 Å². The van der Waals surface area contributed by atoms with Crippen LogP contribution in [-0.4, -0.2) is 54.5 Å². The topological polar surface area (TPSA) is 138 Å². The van der Waals surface area contributed by atoms with Crippen molar-refractivity contribution in [3.05, 3.63) is 106 Å². The molecule has 3 aromatic carbocycles. The number of carboxylic acids is 1. The number of aromatic nitrogens is 3. The van der Waals surface area contributed by atoms with Crippen molar-refractivity contribution >= 4 is 12.1 Å². The fraction of sp³-hybridized carbons (Fsp3) is 0.312. The number of likely N-dealkylation sites (tertiary alicyclic amines) is 1. The van der Waals surface area contributed by atoms with Crippen molar-refractivity contribution in [2.75, 3.05) is 6.54 Å². The van der Waals surface area contributed by atoms with Crippen molar-refractivity contribution in [3.63, 3.8) is 0 Å². The number of aliphatic carboxylic acids is 1. The molecule has 2 heterocycles. The van der Waals surface area contributed by atoms with Gasteiger partial charge in [0.15, 0.2) is 5.82 Å². The molecule has 2 unspecified atom stereocenters. The summed E-state index contributed by atoms with van der Waals surface area (Å²) in [6.45, 7) is 4.34. The van der Waals surface area contributed by atoms with Gasteiger partial charge in [0.05, 0.1) is 18.0 Å². The molecule has 1 aromatic heterocycles. The summed E-state index contributed by atoms with van der Waals surface area (Å²) in [5.41, 5.74) is 3.90.